The third-order valence-corrected chi connectivity index (χ3v) is 4.27. The maximum Gasteiger partial charge on any atom is 0.157 e. The Morgan fingerprint density at radius 1 is 0.880 bits per heavy atom. The molecule has 1 saturated heterocycles. The molecule has 4 atom stereocenters. The Labute approximate surface area is 147 Å². The summed E-state index contributed by atoms with van der Waals surface area (Å²) in [6, 6.07) is 19.6. The quantitative estimate of drug-likeness (QED) is 0.806. The number of benzene rings is 2. The molecule has 2 aromatic carbocycles. The number of aliphatic hydroxyl groups excluding tert-OH is 2. The van der Waals surface area contributed by atoms with E-state index in [4.69, 9.17) is 14.2 Å². The summed E-state index contributed by atoms with van der Waals surface area (Å²) in [7, 11) is 0. The number of hydrogen-bond donors (Lipinski definition) is 2. The molecule has 2 aromatic rings. The van der Waals surface area contributed by atoms with Crippen LogP contribution < -0.4 is 0 Å². The first-order chi connectivity index (χ1) is 12.3. The van der Waals surface area contributed by atoms with Crippen LogP contribution in [0.3, 0.4) is 0 Å². The van der Waals surface area contributed by atoms with E-state index in [-0.39, 0.29) is 12.7 Å². The number of aliphatic hydroxyl groups is 2. The number of ether oxygens (including phenoxy) is 3. The number of hydrogen-bond acceptors (Lipinski definition) is 5. The minimum atomic E-state index is -0.963. The summed E-state index contributed by atoms with van der Waals surface area (Å²) >= 11 is 0. The summed E-state index contributed by atoms with van der Waals surface area (Å²) in [5.41, 5.74) is 2.08. The Kier molecular flexibility index (Phi) is 6.55. The summed E-state index contributed by atoms with van der Waals surface area (Å²) in [4.78, 5) is 0. The van der Waals surface area contributed by atoms with Crippen molar-refractivity contribution in [3.8, 4) is 0 Å². The van der Waals surface area contributed by atoms with Crippen LogP contribution in [-0.2, 0) is 27.4 Å². The highest BCUT2D eigenvalue weighted by atomic mass is 16.6. The van der Waals surface area contributed by atoms with Gasteiger partial charge in [0.2, 0.25) is 0 Å². The van der Waals surface area contributed by atoms with Gasteiger partial charge in [0, 0.05) is 6.42 Å². The van der Waals surface area contributed by atoms with Gasteiger partial charge in [0.05, 0.1) is 25.9 Å². The van der Waals surface area contributed by atoms with Crippen LogP contribution in [0.2, 0.25) is 0 Å². The summed E-state index contributed by atoms with van der Waals surface area (Å²) in [5.74, 6) is 0. The van der Waals surface area contributed by atoms with Crippen molar-refractivity contribution in [1.29, 1.82) is 0 Å². The summed E-state index contributed by atoms with van der Waals surface area (Å²) in [5, 5.41) is 19.5. The molecule has 5 heteroatoms. The smallest absolute Gasteiger partial charge is 0.157 e. The molecule has 0 aliphatic carbocycles. The third-order valence-electron chi connectivity index (χ3n) is 4.27. The van der Waals surface area contributed by atoms with Crippen molar-refractivity contribution >= 4 is 0 Å². The van der Waals surface area contributed by atoms with Gasteiger partial charge in [-0.05, 0) is 11.1 Å². The van der Waals surface area contributed by atoms with Crippen LogP contribution in [0.25, 0.3) is 0 Å². The predicted molar refractivity (Wildman–Crippen MR) is 92.6 cm³/mol. The second-order valence-electron chi connectivity index (χ2n) is 6.14. The molecular formula is C20H24O5. The molecule has 0 radical (unpaired) electrons. The fourth-order valence-electron chi connectivity index (χ4n) is 2.98. The standard InChI is InChI=1S/C20H24O5/c21-12-18-20(24-14-16-9-5-2-6-10-16)17(11-19(22)25-18)23-13-15-7-3-1-4-8-15/h1-10,17-22H,11-14H2. The van der Waals surface area contributed by atoms with E-state index in [1.807, 2.05) is 60.7 Å². The minimum absolute atomic E-state index is 0.234. The molecule has 25 heavy (non-hydrogen) atoms. The van der Waals surface area contributed by atoms with E-state index >= 15 is 0 Å². The van der Waals surface area contributed by atoms with Crippen molar-refractivity contribution in [3.05, 3.63) is 71.8 Å². The topological polar surface area (TPSA) is 68.2 Å². The van der Waals surface area contributed by atoms with Gasteiger partial charge in [0.1, 0.15) is 12.2 Å². The third kappa shape index (κ3) is 5.11. The zero-order valence-corrected chi connectivity index (χ0v) is 14.0. The van der Waals surface area contributed by atoms with Gasteiger partial charge >= 0.3 is 0 Å². The predicted octanol–water partition coefficient (Wildman–Crippen LogP) is 2.26. The SMILES string of the molecule is OCC1OC(O)CC(OCc2ccccc2)C1OCc1ccccc1. The minimum Gasteiger partial charge on any atom is -0.394 e. The van der Waals surface area contributed by atoms with Gasteiger partial charge in [0.15, 0.2) is 6.29 Å². The molecule has 134 valence electrons. The van der Waals surface area contributed by atoms with Crippen molar-refractivity contribution in [2.24, 2.45) is 0 Å². The lowest BCUT2D eigenvalue weighted by molar-refractivity contribution is -0.262. The second-order valence-corrected chi connectivity index (χ2v) is 6.14. The summed E-state index contributed by atoms with van der Waals surface area (Å²) in [6.07, 6.45) is -2.08. The van der Waals surface area contributed by atoms with Gasteiger partial charge < -0.3 is 24.4 Å². The lowest BCUT2D eigenvalue weighted by Gasteiger charge is -2.39. The molecule has 5 nitrogen and oxygen atoms in total. The highest BCUT2D eigenvalue weighted by molar-refractivity contribution is 5.14. The Morgan fingerprint density at radius 3 is 2.00 bits per heavy atom. The van der Waals surface area contributed by atoms with Crippen LogP contribution in [-0.4, -0.2) is 41.4 Å². The van der Waals surface area contributed by atoms with Gasteiger partial charge in [0.25, 0.3) is 0 Å². The van der Waals surface area contributed by atoms with Crippen molar-refractivity contribution in [1.82, 2.24) is 0 Å². The van der Waals surface area contributed by atoms with Gasteiger partial charge in [-0.15, -0.1) is 0 Å². The molecule has 1 fully saturated rings. The fraction of sp³-hybridized carbons (Fsp3) is 0.400. The van der Waals surface area contributed by atoms with Crippen molar-refractivity contribution in [3.63, 3.8) is 0 Å². The molecule has 0 bridgehead atoms. The Bertz CT molecular complexity index is 618. The lowest BCUT2D eigenvalue weighted by atomic mass is 10.0. The first-order valence-corrected chi connectivity index (χ1v) is 8.51. The van der Waals surface area contributed by atoms with Gasteiger partial charge in [-0.3, -0.25) is 0 Å². The highest BCUT2D eigenvalue weighted by Gasteiger charge is 2.39. The van der Waals surface area contributed by atoms with Crippen LogP contribution in [0.4, 0.5) is 0 Å². The molecule has 1 heterocycles. The molecular weight excluding hydrogens is 320 g/mol. The molecule has 0 saturated carbocycles. The van der Waals surface area contributed by atoms with Gasteiger partial charge in [-0.25, -0.2) is 0 Å². The van der Waals surface area contributed by atoms with E-state index < -0.39 is 18.5 Å². The summed E-state index contributed by atoms with van der Waals surface area (Å²) < 4.78 is 17.4. The number of rotatable bonds is 7. The normalized spacial score (nSPS) is 26.5. The van der Waals surface area contributed by atoms with Crippen LogP contribution in [0.5, 0.6) is 0 Å². The lowest BCUT2D eigenvalue weighted by Crippen LogP contribution is -2.52. The average Bonchev–Trinajstić information content (AvgIpc) is 2.66. The Balaban J connectivity index is 1.65. The summed E-state index contributed by atoms with van der Waals surface area (Å²) in [6.45, 7) is 0.579. The van der Waals surface area contributed by atoms with Gasteiger partial charge in [-0.2, -0.15) is 0 Å². The van der Waals surface area contributed by atoms with Crippen molar-refractivity contribution < 1.29 is 24.4 Å². The maximum absolute atomic E-state index is 9.91. The fourth-order valence-corrected chi connectivity index (χ4v) is 2.98. The van der Waals surface area contributed by atoms with Crippen LogP contribution in [0, 0.1) is 0 Å². The molecule has 4 unspecified atom stereocenters. The van der Waals surface area contributed by atoms with E-state index in [0.717, 1.165) is 11.1 Å². The van der Waals surface area contributed by atoms with E-state index in [1.54, 1.807) is 0 Å². The maximum atomic E-state index is 9.91. The zero-order chi connectivity index (χ0) is 17.5. The highest BCUT2D eigenvalue weighted by Crippen LogP contribution is 2.26. The molecule has 0 amide bonds. The van der Waals surface area contributed by atoms with Crippen LogP contribution in [0.1, 0.15) is 17.5 Å². The zero-order valence-electron chi connectivity index (χ0n) is 14.0. The van der Waals surface area contributed by atoms with E-state index in [1.165, 1.54) is 0 Å². The van der Waals surface area contributed by atoms with Crippen molar-refractivity contribution in [2.75, 3.05) is 6.61 Å². The molecule has 1 aliphatic rings. The molecule has 1 aliphatic heterocycles. The monoisotopic (exact) mass is 344 g/mol. The van der Waals surface area contributed by atoms with E-state index in [9.17, 15) is 10.2 Å². The van der Waals surface area contributed by atoms with Crippen LogP contribution >= 0.6 is 0 Å². The van der Waals surface area contributed by atoms with Crippen LogP contribution in [0.15, 0.2) is 60.7 Å². The largest absolute Gasteiger partial charge is 0.394 e. The molecule has 3 rings (SSSR count). The second kappa shape index (κ2) is 9.08. The Morgan fingerprint density at radius 2 is 1.44 bits per heavy atom. The van der Waals surface area contributed by atoms with E-state index in [0.29, 0.717) is 19.6 Å². The first-order valence-electron chi connectivity index (χ1n) is 8.51. The molecule has 0 spiro atoms. The first kappa shape index (κ1) is 18.0. The van der Waals surface area contributed by atoms with Gasteiger partial charge in [-0.1, -0.05) is 60.7 Å². The van der Waals surface area contributed by atoms with Crippen molar-refractivity contribution in [2.45, 2.75) is 44.2 Å². The average molecular weight is 344 g/mol. The molecule has 2 N–H and O–H groups in total. The molecule has 0 aromatic heterocycles. The van der Waals surface area contributed by atoms with E-state index in [2.05, 4.69) is 0 Å². The Hall–Kier alpha value is -1.76.